The number of hydrogen-bond acceptors (Lipinski definition) is 5. The first kappa shape index (κ1) is 13.1. The predicted molar refractivity (Wildman–Crippen MR) is 75.3 cm³/mol. The Morgan fingerprint density at radius 2 is 2.28 bits per heavy atom. The van der Waals surface area contributed by atoms with Crippen molar-refractivity contribution in [2.75, 3.05) is 11.9 Å². The smallest absolute Gasteiger partial charge is 0.225 e. The first-order valence-corrected chi connectivity index (χ1v) is 6.76. The van der Waals surface area contributed by atoms with Crippen LogP contribution in [0.5, 0.6) is 0 Å². The van der Waals surface area contributed by atoms with E-state index in [1.807, 2.05) is 25.8 Å². The van der Waals surface area contributed by atoms with Gasteiger partial charge in [0.15, 0.2) is 0 Å². The van der Waals surface area contributed by atoms with Crippen LogP contribution in [0.25, 0.3) is 10.2 Å². The molecule has 0 aliphatic heterocycles. The van der Waals surface area contributed by atoms with Crippen LogP contribution in [-0.4, -0.2) is 23.1 Å². The summed E-state index contributed by atoms with van der Waals surface area (Å²) in [7, 11) is 1.92. The summed E-state index contributed by atoms with van der Waals surface area (Å²) in [5.41, 5.74) is 0. The third-order valence-electron chi connectivity index (χ3n) is 2.85. The Morgan fingerprint density at radius 1 is 1.56 bits per heavy atom. The van der Waals surface area contributed by atoms with Gasteiger partial charge in [-0.1, -0.05) is 0 Å². The van der Waals surface area contributed by atoms with Crippen LogP contribution in [0.4, 0.5) is 5.82 Å². The maximum atomic E-state index is 8.77. The van der Waals surface area contributed by atoms with Gasteiger partial charge in [-0.25, -0.2) is 4.98 Å². The summed E-state index contributed by atoms with van der Waals surface area (Å²) in [5.74, 6) is 0.789. The Labute approximate surface area is 115 Å². The fraction of sp³-hybridized carbons (Fsp3) is 0.417. The molecule has 0 saturated heterocycles. The van der Waals surface area contributed by atoms with Crippen molar-refractivity contribution in [3.8, 4) is 6.07 Å². The Hall–Kier alpha value is -1.38. The lowest BCUT2D eigenvalue weighted by atomic mass is 10.2. The third kappa shape index (κ3) is 2.40. The molecular formula is C12H13ClN4S. The molecule has 2 rings (SSSR count). The number of nitriles is 1. The first-order chi connectivity index (χ1) is 8.52. The molecule has 0 radical (unpaired) electrons. The Bertz CT molecular complexity index is 616. The maximum absolute atomic E-state index is 8.77. The molecule has 0 amide bonds. The Kier molecular flexibility index (Phi) is 3.69. The molecule has 0 saturated carbocycles. The quantitative estimate of drug-likeness (QED) is 0.809. The average Bonchev–Trinajstić information content (AvgIpc) is 2.67. The van der Waals surface area contributed by atoms with Crippen molar-refractivity contribution in [3.63, 3.8) is 0 Å². The number of fused-ring (bicyclic) bond motifs is 1. The van der Waals surface area contributed by atoms with E-state index in [-0.39, 0.29) is 11.3 Å². The van der Waals surface area contributed by atoms with Crippen molar-refractivity contribution in [3.05, 3.63) is 16.2 Å². The van der Waals surface area contributed by atoms with Gasteiger partial charge in [-0.3, -0.25) is 0 Å². The highest BCUT2D eigenvalue weighted by atomic mass is 35.5. The monoisotopic (exact) mass is 280 g/mol. The van der Waals surface area contributed by atoms with Gasteiger partial charge >= 0.3 is 0 Å². The van der Waals surface area contributed by atoms with E-state index in [2.05, 4.69) is 22.1 Å². The standard InChI is InChI=1S/C12H13ClN4S/c1-7(4-5-14)17(3)10-9-6-8(2)18-11(9)16-12(13)15-10/h6-7H,4H2,1-3H3. The first-order valence-electron chi connectivity index (χ1n) is 5.56. The largest absolute Gasteiger partial charge is 0.355 e. The maximum Gasteiger partial charge on any atom is 0.225 e. The van der Waals surface area contributed by atoms with Crippen molar-refractivity contribution >= 4 is 39.0 Å². The molecule has 6 heteroatoms. The molecule has 2 heterocycles. The van der Waals surface area contributed by atoms with E-state index in [1.54, 1.807) is 11.3 Å². The molecule has 0 aliphatic rings. The summed E-state index contributed by atoms with van der Waals surface area (Å²) in [6, 6.07) is 4.31. The van der Waals surface area contributed by atoms with Gasteiger partial charge in [0.1, 0.15) is 10.6 Å². The second-order valence-electron chi connectivity index (χ2n) is 4.21. The number of aromatic nitrogens is 2. The highest BCUT2D eigenvalue weighted by Gasteiger charge is 2.17. The zero-order valence-electron chi connectivity index (χ0n) is 10.4. The van der Waals surface area contributed by atoms with Gasteiger partial charge in [0.2, 0.25) is 5.28 Å². The second-order valence-corrected chi connectivity index (χ2v) is 5.79. The topological polar surface area (TPSA) is 52.8 Å². The van der Waals surface area contributed by atoms with Gasteiger partial charge in [0, 0.05) is 18.0 Å². The zero-order valence-corrected chi connectivity index (χ0v) is 12.0. The van der Waals surface area contributed by atoms with Crippen molar-refractivity contribution < 1.29 is 0 Å². The van der Waals surface area contributed by atoms with Crippen LogP contribution >= 0.6 is 22.9 Å². The van der Waals surface area contributed by atoms with Crippen LogP contribution in [-0.2, 0) is 0 Å². The van der Waals surface area contributed by atoms with Crippen molar-refractivity contribution in [1.82, 2.24) is 9.97 Å². The molecule has 4 nitrogen and oxygen atoms in total. The second kappa shape index (κ2) is 5.09. The molecule has 1 atom stereocenters. The van der Waals surface area contributed by atoms with Crippen molar-refractivity contribution in [1.29, 1.82) is 5.26 Å². The molecule has 0 fully saturated rings. The predicted octanol–water partition coefficient (Wildman–Crippen LogP) is 3.39. The molecule has 2 aromatic heterocycles. The molecule has 0 aromatic carbocycles. The summed E-state index contributed by atoms with van der Waals surface area (Å²) >= 11 is 7.55. The van der Waals surface area contributed by atoms with Crippen LogP contribution in [0.15, 0.2) is 6.07 Å². The number of nitrogens with zero attached hydrogens (tertiary/aromatic N) is 4. The van der Waals surface area contributed by atoms with Crippen molar-refractivity contribution in [2.24, 2.45) is 0 Å². The van der Waals surface area contributed by atoms with Crippen LogP contribution in [0.3, 0.4) is 0 Å². The summed E-state index contributed by atoms with van der Waals surface area (Å²) in [4.78, 5) is 12.6. The third-order valence-corrected chi connectivity index (χ3v) is 3.96. The van der Waals surface area contributed by atoms with Gasteiger partial charge < -0.3 is 4.90 Å². The van der Waals surface area contributed by atoms with E-state index >= 15 is 0 Å². The molecule has 18 heavy (non-hydrogen) atoms. The fourth-order valence-corrected chi connectivity index (χ4v) is 2.84. The Balaban J connectivity index is 2.52. The van der Waals surface area contributed by atoms with Crippen LogP contribution in [0.2, 0.25) is 5.28 Å². The van der Waals surface area contributed by atoms with E-state index in [4.69, 9.17) is 16.9 Å². The van der Waals surface area contributed by atoms with E-state index in [9.17, 15) is 0 Å². The number of anilines is 1. The van der Waals surface area contributed by atoms with Crippen LogP contribution < -0.4 is 4.90 Å². The molecule has 0 N–H and O–H groups in total. The average molecular weight is 281 g/mol. The molecule has 1 unspecified atom stereocenters. The van der Waals surface area contributed by atoms with Crippen LogP contribution in [0.1, 0.15) is 18.2 Å². The normalized spacial score (nSPS) is 12.4. The number of aryl methyl sites for hydroxylation is 1. The van der Waals surface area contributed by atoms with E-state index in [0.717, 1.165) is 16.0 Å². The number of thiophene rings is 1. The zero-order chi connectivity index (χ0) is 13.3. The van der Waals surface area contributed by atoms with Gasteiger partial charge in [-0.2, -0.15) is 10.2 Å². The summed E-state index contributed by atoms with van der Waals surface area (Å²) in [5, 5.41) is 10.0. The SMILES string of the molecule is Cc1cc2c(N(C)C(C)CC#N)nc(Cl)nc2s1. The summed E-state index contributed by atoms with van der Waals surface area (Å²) in [6.07, 6.45) is 0.447. The Morgan fingerprint density at radius 3 is 2.94 bits per heavy atom. The molecule has 0 bridgehead atoms. The van der Waals surface area contributed by atoms with E-state index < -0.39 is 0 Å². The minimum absolute atomic E-state index is 0.0874. The molecule has 94 valence electrons. The molecule has 0 spiro atoms. The lowest BCUT2D eigenvalue weighted by molar-refractivity contribution is 0.696. The molecule has 0 aliphatic carbocycles. The van der Waals surface area contributed by atoms with Crippen LogP contribution in [0, 0.1) is 18.3 Å². The number of rotatable bonds is 3. The van der Waals surface area contributed by atoms with Gasteiger partial charge in [-0.05, 0) is 31.5 Å². The minimum atomic E-state index is 0.0874. The molecule has 2 aromatic rings. The fourth-order valence-electron chi connectivity index (χ4n) is 1.75. The summed E-state index contributed by atoms with van der Waals surface area (Å²) < 4.78 is 0. The summed E-state index contributed by atoms with van der Waals surface area (Å²) in [6.45, 7) is 4.02. The molecular weight excluding hydrogens is 268 g/mol. The number of halogens is 1. The number of hydrogen-bond donors (Lipinski definition) is 0. The van der Waals surface area contributed by atoms with Crippen molar-refractivity contribution in [2.45, 2.75) is 26.3 Å². The minimum Gasteiger partial charge on any atom is -0.355 e. The highest BCUT2D eigenvalue weighted by molar-refractivity contribution is 7.18. The van der Waals surface area contributed by atoms with E-state index in [1.165, 1.54) is 4.88 Å². The lowest BCUT2D eigenvalue weighted by Crippen LogP contribution is -2.29. The highest BCUT2D eigenvalue weighted by Crippen LogP contribution is 2.32. The van der Waals surface area contributed by atoms with Gasteiger partial charge in [0.05, 0.1) is 17.9 Å². The van der Waals surface area contributed by atoms with Gasteiger partial charge in [-0.15, -0.1) is 11.3 Å². The lowest BCUT2D eigenvalue weighted by Gasteiger charge is -2.24. The van der Waals surface area contributed by atoms with Gasteiger partial charge in [0.25, 0.3) is 0 Å². The van der Waals surface area contributed by atoms with E-state index in [0.29, 0.717) is 6.42 Å².